The van der Waals surface area contributed by atoms with Crippen molar-refractivity contribution in [2.24, 2.45) is 22.7 Å². The van der Waals surface area contributed by atoms with Crippen LogP contribution in [0.4, 0.5) is 4.79 Å². The van der Waals surface area contributed by atoms with Crippen LogP contribution in [0.15, 0.2) is 0 Å². The number of likely N-dealkylation sites (tertiary alicyclic amines) is 1. The van der Waals surface area contributed by atoms with Crippen LogP contribution in [-0.2, 0) is 29.0 Å². The van der Waals surface area contributed by atoms with Crippen molar-refractivity contribution in [1.82, 2.24) is 26.2 Å². The van der Waals surface area contributed by atoms with E-state index < -0.39 is 73.2 Å². The quantitative estimate of drug-likeness (QED) is 0.214. The monoisotopic (exact) mass is 695 g/mol. The fourth-order valence-electron chi connectivity index (χ4n) is 7.49. The Balaban J connectivity index is 1.86. The van der Waals surface area contributed by atoms with Gasteiger partial charge >= 0.3 is 6.03 Å². The lowest BCUT2D eigenvalue weighted by atomic mass is 9.83. The molecular weight excluding hydrogens is 634 g/mol. The molecule has 3 rings (SSSR count). The van der Waals surface area contributed by atoms with E-state index in [9.17, 15) is 32.4 Å². The third kappa shape index (κ3) is 8.71. The largest absolute Gasteiger partial charge is 0.350 e. The lowest BCUT2D eigenvalue weighted by Crippen LogP contribution is -2.64. The topological polar surface area (TPSA) is 171 Å². The molecular formula is C35H61N5O7S. The summed E-state index contributed by atoms with van der Waals surface area (Å²) in [6.07, 6.45) is 5.26. The lowest BCUT2D eigenvalue weighted by molar-refractivity contribution is -0.145. The van der Waals surface area contributed by atoms with E-state index >= 15 is 0 Å². The van der Waals surface area contributed by atoms with Gasteiger partial charge in [-0.25, -0.2) is 13.2 Å². The number of nitrogens with zero attached hydrogens (tertiary/aromatic N) is 1. The van der Waals surface area contributed by atoms with Crippen molar-refractivity contribution in [2.45, 2.75) is 149 Å². The van der Waals surface area contributed by atoms with Gasteiger partial charge in [-0.2, -0.15) is 0 Å². The second-order valence-electron chi connectivity index (χ2n) is 16.9. The fraction of sp³-hybridized carbons (Fsp3) is 0.857. The molecule has 4 N–H and O–H groups in total. The Hall–Kier alpha value is -2.70. The Morgan fingerprint density at radius 1 is 0.917 bits per heavy atom. The van der Waals surface area contributed by atoms with Gasteiger partial charge in [0.05, 0.1) is 22.1 Å². The van der Waals surface area contributed by atoms with Crippen LogP contribution < -0.4 is 21.3 Å². The van der Waals surface area contributed by atoms with Gasteiger partial charge in [0.15, 0.2) is 9.84 Å². The minimum atomic E-state index is -3.56. The van der Waals surface area contributed by atoms with E-state index in [0.717, 1.165) is 25.7 Å². The van der Waals surface area contributed by atoms with Crippen molar-refractivity contribution in [1.29, 1.82) is 0 Å². The number of sulfone groups is 1. The average molecular weight is 696 g/mol. The molecule has 0 aromatic rings. The van der Waals surface area contributed by atoms with Gasteiger partial charge in [0, 0.05) is 13.1 Å². The second kappa shape index (κ2) is 14.6. The molecule has 2 aliphatic carbocycles. The van der Waals surface area contributed by atoms with Gasteiger partial charge in [0.1, 0.15) is 12.1 Å². The molecule has 5 amide bonds. The number of piperidine rings is 1. The fourth-order valence-corrected chi connectivity index (χ4v) is 9.01. The highest BCUT2D eigenvalue weighted by molar-refractivity contribution is 7.92. The molecule has 0 bridgehead atoms. The molecule has 48 heavy (non-hydrogen) atoms. The Kier molecular flexibility index (Phi) is 12.1. The number of urea groups is 1. The van der Waals surface area contributed by atoms with Crippen LogP contribution in [0, 0.1) is 22.7 Å². The molecule has 1 heterocycles. The van der Waals surface area contributed by atoms with E-state index in [0.29, 0.717) is 32.2 Å². The molecule has 13 heteroatoms. The maximum atomic E-state index is 14.4. The Bertz CT molecular complexity index is 1340. The molecule has 1 aliphatic heterocycles. The summed E-state index contributed by atoms with van der Waals surface area (Å²) in [6.45, 7) is 18.9. The Morgan fingerprint density at radius 2 is 1.52 bits per heavy atom. The van der Waals surface area contributed by atoms with Gasteiger partial charge in [-0.1, -0.05) is 73.6 Å². The van der Waals surface area contributed by atoms with Gasteiger partial charge in [0.25, 0.3) is 5.91 Å². The minimum absolute atomic E-state index is 0.0629. The van der Waals surface area contributed by atoms with Crippen molar-refractivity contribution in [3.63, 3.8) is 0 Å². The second-order valence-corrected chi connectivity index (χ2v) is 19.7. The first-order valence-corrected chi connectivity index (χ1v) is 19.4. The van der Waals surface area contributed by atoms with Gasteiger partial charge in [0.2, 0.25) is 17.6 Å². The highest BCUT2D eigenvalue weighted by Crippen LogP contribution is 2.65. The van der Waals surface area contributed by atoms with Crippen molar-refractivity contribution in [3.05, 3.63) is 0 Å². The van der Waals surface area contributed by atoms with Crippen LogP contribution in [0.3, 0.4) is 0 Å². The number of fused-ring (bicyclic) bond motifs is 1. The van der Waals surface area contributed by atoms with E-state index in [1.54, 1.807) is 27.7 Å². The molecule has 3 fully saturated rings. The van der Waals surface area contributed by atoms with Gasteiger partial charge in [-0.05, 0) is 69.6 Å². The zero-order chi connectivity index (χ0) is 36.5. The maximum absolute atomic E-state index is 14.4. The molecule has 0 aromatic heterocycles. The smallest absolute Gasteiger partial charge is 0.315 e. The van der Waals surface area contributed by atoms with E-state index in [4.69, 9.17) is 0 Å². The summed E-state index contributed by atoms with van der Waals surface area (Å²) in [5.41, 5.74) is -1.91. The van der Waals surface area contributed by atoms with Gasteiger partial charge < -0.3 is 26.2 Å². The number of likely N-dealkylation sites (N-methyl/N-ethyl adjacent to an activating group) is 1. The summed E-state index contributed by atoms with van der Waals surface area (Å²) in [5, 5.41) is 11.2. The molecule has 1 saturated heterocycles. The van der Waals surface area contributed by atoms with E-state index in [1.165, 1.54) is 4.90 Å². The standard InChI is InChI=1S/C35H61N5O7S/c1-11-13-17-23(26(41)29(43)36-12-2)37-28(42)25-24-22(34(24,9)10)20-40(25)30(44)27(32(3,4)5)38-31(45)39-35(18-15-14-16-19-35)21-48(46,47)33(6,7)8/h22-25,27H,11-21H2,1-10H3,(H,36,43)(H,37,42)(H2,38,39,45)/t22-,23+,24-,25-,27+/m0/s1. The van der Waals surface area contributed by atoms with Crippen LogP contribution in [0.2, 0.25) is 0 Å². The van der Waals surface area contributed by atoms with Gasteiger partial charge in [-0.15, -0.1) is 0 Å². The number of hydrogen-bond donors (Lipinski definition) is 4. The molecule has 0 spiro atoms. The summed E-state index contributed by atoms with van der Waals surface area (Å²) in [4.78, 5) is 69.1. The van der Waals surface area contributed by atoms with Gasteiger partial charge in [-0.3, -0.25) is 19.2 Å². The summed E-state index contributed by atoms with van der Waals surface area (Å²) < 4.78 is 25.6. The van der Waals surface area contributed by atoms with Crippen LogP contribution in [0.25, 0.3) is 0 Å². The third-order valence-corrected chi connectivity index (χ3v) is 13.6. The first-order chi connectivity index (χ1) is 22.0. The van der Waals surface area contributed by atoms with E-state index in [2.05, 4.69) is 35.1 Å². The molecule has 274 valence electrons. The Morgan fingerprint density at radius 3 is 2.04 bits per heavy atom. The lowest BCUT2D eigenvalue weighted by Gasteiger charge is -2.41. The van der Waals surface area contributed by atoms with Crippen LogP contribution in [0.1, 0.15) is 121 Å². The van der Waals surface area contributed by atoms with Crippen molar-refractivity contribution in [2.75, 3.05) is 18.8 Å². The number of ketones is 1. The predicted octanol–water partition coefficient (Wildman–Crippen LogP) is 3.48. The number of amides is 5. The average Bonchev–Trinajstić information content (AvgIpc) is 3.27. The molecule has 5 atom stereocenters. The number of Topliss-reactive ketones (excluding diaryl/α,β-unsaturated/α-hetero) is 1. The SMILES string of the molecule is CCCC[C@@H](NC(=O)[C@@H]1[C@@H]2[C@H](CN1C(=O)[C@@H](NC(=O)NC1(CS(=O)(=O)C(C)(C)C)CCCCC1)C(C)(C)C)C2(C)C)C(=O)C(=O)NCC. The van der Waals surface area contributed by atoms with E-state index in [-0.39, 0.29) is 29.5 Å². The summed E-state index contributed by atoms with van der Waals surface area (Å²) in [6, 6.07) is -3.53. The number of hydrogen-bond acceptors (Lipinski definition) is 7. The molecule has 0 radical (unpaired) electrons. The van der Waals surface area contributed by atoms with Crippen LogP contribution in [0.5, 0.6) is 0 Å². The minimum Gasteiger partial charge on any atom is -0.350 e. The van der Waals surface area contributed by atoms with Crippen molar-refractivity contribution in [3.8, 4) is 0 Å². The highest BCUT2D eigenvalue weighted by atomic mass is 32.2. The molecule has 0 aromatic carbocycles. The number of carbonyl (C=O) groups excluding carboxylic acids is 5. The number of rotatable bonds is 13. The zero-order valence-corrected chi connectivity index (χ0v) is 31.7. The summed E-state index contributed by atoms with van der Waals surface area (Å²) >= 11 is 0. The number of unbranched alkanes of at least 4 members (excludes halogenated alkanes) is 1. The molecule has 3 aliphatic rings. The highest BCUT2D eigenvalue weighted by Gasteiger charge is 2.70. The van der Waals surface area contributed by atoms with Crippen molar-refractivity contribution >= 4 is 39.4 Å². The number of nitrogens with one attached hydrogen (secondary N) is 4. The Labute approximate surface area is 288 Å². The molecule has 0 unspecified atom stereocenters. The first kappa shape index (κ1) is 39.7. The molecule has 2 saturated carbocycles. The normalized spacial score (nSPS) is 24.5. The maximum Gasteiger partial charge on any atom is 0.315 e. The number of carbonyl (C=O) groups is 5. The summed E-state index contributed by atoms with van der Waals surface area (Å²) in [7, 11) is -3.56. The van der Waals surface area contributed by atoms with Crippen molar-refractivity contribution < 1.29 is 32.4 Å². The molecule has 12 nitrogen and oxygen atoms in total. The summed E-state index contributed by atoms with van der Waals surface area (Å²) in [5.74, 6) is -2.63. The predicted molar refractivity (Wildman–Crippen MR) is 186 cm³/mol. The third-order valence-electron chi connectivity index (χ3n) is 10.8. The first-order valence-electron chi connectivity index (χ1n) is 17.8. The zero-order valence-electron chi connectivity index (χ0n) is 30.9. The van der Waals surface area contributed by atoms with Crippen LogP contribution >= 0.6 is 0 Å². The van der Waals surface area contributed by atoms with Crippen LogP contribution in [-0.4, -0.2) is 90.1 Å². The van der Waals surface area contributed by atoms with E-state index in [1.807, 2.05) is 27.7 Å².